The van der Waals surface area contributed by atoms with Gasteiger partial charge in [-0.15, -0.1) is 12.4 Å². The molecule has 2 heterocycles. The van der Waals surface area contributed by atoms with E-state index in [2.05, 4.69) is 34.1 Å². The third-order valence-electron chi connectivity index (χ3n) is 3.62. The van der Waals surface area contributed by atoms with E-state index in [1.165, 1.54) is 23.9 Å². The van der Waals surface area contributed by atoms with Gasteiger partial charge in [0.25, 0.3) is 0 Å². The van der Waals surface area contributed by atoms with Gasteiger partial charge in [0.1, 0.15) is 0 Å². The average molecular weight is 278 g/mol. The van der Waals surface area contributed by atoms with Crippen molar-refractivity contribution in [2.75, 3.05) is 13.1 Å². The van der Waals surface area contributed by atoms with Crippen molar-refractivity contribution < 1.29 is 0 Å². The summed E-state index contributed by atoms with van der Waals surface area (Å²) in [5.74, 6) is 0. The molecule has 0 saturated carbocycles. The van der Waals surface area contributed by atoms with Crippen LogP contribution in [0.1, 0.15) is 18.4 Å². The number of benzene rings is 1. The highest BCUT2D eigenvalue weighted by atomic mass is 35.5. The molecule has 2 N–H and O–H groups in total. The molecule has 19 heavy (non-hydrogen) atoms. The molecule has 1 aromatic heterocycles. The Morgan fingerprint density at radius 3 is 3.05 bits per heavy atom. The summed E-state index contributed by atoms with van der Waals surface area (Å²) in [6, 6.07) is 11.0. The number of fused-ring (bicyclic) bond motifs is 1. The lowest BCUT2D eigenvalue weighted by Gasteiger charge is -2.30. The van der Waals surface area contributed by atoms with Crippen LogP contribution in [0.3, 0.4) is 0 Å². The highest BCUT2D eigenvalue weighted by molar-refractivity contribution is 5.85. The zero-order valence-electron chi connectivity index (χ0n) is 11.0. The normalized spacial score (nSPS) is 20.2. The highest BCUT2D eigenvalue weighted by Crippen LogP contribution is 2.17. The monoisotopic (exact) mass is 277 g/mol. The van der Waals surface area contributed by atoms with Gasteiger partial charge in [-0.3, -0.25) is 9.88 Å². The molecule has 2 aromatic rings. The zero-order chi connectivity index (χ0) is 12.4. The third-order valence-corrected chi connectivity index (χ3v) is 3.62. The molecule has 1 aliphatic rings. The van der Waals surface area contributed by atoms with Gasteiger partial charge >= 0.3 is 0 Å². The van der Waals surface area contributed by atoms with Crippen LogP contribution in [0.4, 0.5) is 0 Å². The van der Waals surface area contributed by atoms with E-state index < -0.39 is 0 Å². The molecule has 1 atom stereocenters. The van der Waals surface area contributed by atoms with Crippen LogP contribution in [0.5, 0.6) is 0 Å². The van der Waals surface area contributed by atoms with E-state index in [0.29, 0.717) is 6.04 Å². The van der Waals surface area contributed by atoms with Crippen molar-refractivity contribution in [3.8, 4) is 0 Å². The standard InChI is InChI=1S/C15H19N3.ClH/c16-14-4-2-8-18(11-14)10-12-5-6-15-13(9-12)3-1-7-17-15;/h1,3,5-7,9,14H,2,4,8,10-11,16H2;1H. The van der Waals surface area contributed by atoms with Gasteiger partial charge < -0.3 is 5.73 Å². The second-order valence-corrected chi connectivity index (χ2v) is 5.17. The fourth-order valence-electron chi connectivity index (χ4n) is 2.72. The van der Waals surface area contributed by atoms with Crippen molar-refractivity contribution in [3.05, 3.63) is 42.1 Å². The van der Waals surface area contributed by atoms with Gasteiger partial charge in [-0.05, 0) is 43.1 Å². The van der Waals surface area contributed by atoms with E-state index in [1.807, 2.05) is 12.3 Å². The average Bonchev–Trinajstić information content (AvgIpc) is 2.39. The van der Waals surface area contributed by atoms with Gasteiger partial charge in [-0.25, -0.2) is 0 Å². The molecule has 4 heteroatoms. The van der Waals surface area contributed by atoms with Crippen LogP contribution in [-0.2, 0) is 6.54 Å². The second-order valence-electron chi connectivity index (χ2n) is 5.17. The van der Waals surface area contributed by atoms with Crippen molar-refractivity contribution in [1.29, 1.82) is 0 Å². The van der Waals surface area contributed by atoms with E-state index in [4.69, 9.17) is 5.73 Å². The molecule has 1 aromatic carbocycles. The lowest BCUT2D eigenvalue weighted by molar-refractivity contribution is 0.201. The maximum Gasteiger partial charge on any atom is 0.0702 e. The molecule has 0 radical (unpaired) electrons. The summed E-state index contributed by atoms with van der Waals surface area (Å²) in [5.41, 5.74) is 8.44. The van der Waals surface area contributed by atoms with E-state index in [9.17, 15) is 0 Å². The summed E-state index contributed by atoms with van der Waals surface area (Å²) in [5, 5.41) is 1.22. The first kappa shape index (κ1) is 14.3. The van der Waals surface area contributed by atoms with Gasteiger partial charge in [0, 0.05) is 30.7 Å². The van der Waals surface area contributed by atoms with Crippen LogP contribution in [0.15, 0.2) is 36.5 Å². The van der Waals surface area contributed by atoms with Gasteiger partial charge in [-0.2, -0.15) is 0 Å². The number of hydrogen-bond acceptors (Lipinski definition) is 3. The minimum Gasteiger partial charge on any atom is -0.327 e. The summed E-state index contributed by atoms with van der Waals surface area (Å²) < 4.78 is 0. The maximum atomic E-state index is 6.02. The van der Waals surface area contributed by atoms with Gasteiger partial charge in [-0.1, -0.05) is 12.1 Å². The maximum absolute atomic E-state index is 6.02. The Hall–Kier alpha value is -1.16. The van der Waals surface area contributed by atoms with Crippen LogP contribution in [0.25, 0.3) is 10.9 Å². The van der Waals surface area contributed by atoms with Gasteiger partial charge in [0.2, 0.25) is 0 Å². The number of hydrogen-bond donors (Lipinski definition) is 1. The largest absolute Gasteiger partial charge is 0.327 e. The molecular weight excluding hydrogens is 258 g/mol. The molecule has 3 rings (SSSR count). The number of pyridine rings is 1. The van der Waals surface area contributed by atoms with E-state index in [0.717, 1.165) is 25.0 Å². The Kier molecular flexibility index (Phi) is 4.75. The lowest BCUT2D eigenvalue weighted by Crippen LogP contribution is -2.42. The Morgan fingerprint density at radius 1 is 1.32 bits per heavy atom. The molecule has 0 spiro atoms. The van der Waals surface area contributed by atoms with Crippen molar-refractivity contribution in [1.82, 2.24) is 9.88 Å². The summed E-state index contributed by atoms with van der Waals surface area (Å²) in [7, 11) is 0. The number of nitrogens with zero attached hydrogens (tertiary/aromatic N) is 2. The molecular formula is C15H20ClN3. The Morgan fingerprint density at radius 2 is 2.21 bits per heavy atom. The number of rotatable bonds is 2. The molecule has 1 unspecified atom stereocenters. The van der Waals surface area contributed by atoms with Crippen molar-refractivity contribution in [3.63, 3.8) is 0 Å². The fraction of sp³-hybridized carbons (Fsp3) is 0.400. The summed E-state index contributed by atoms with van der Waals surface area (Å²) in [4.78, 5) is 6.80. The molecule has 0 bridgehead atoms. The summed E-state index contributed by atoms with van der Waals surface area (Å²) >= 11 is 0. The topological polar surface area (TPSA) is 42.1 Å². The first-order valence-electron chi connectivity index (χ1n) is 6.63. The lowest BCUT2D eigenvalue weighted by atomic mass is 10.1. The molecule has 1 aliphatic heterocycles. The number of aromatic nitrogens is 1. The molecule has 1 saturated heterocycles. The Bertz CT molecular complexity index is 544. The van der Waals surface area contributed by atoms with Crippen molar-refractivity contribution >= 4 is 23.3 Å². The molecule has 0 aliphatic carbocycles. The van der Waals surface area contributed by atoms with Crippen molar-refractivity contribution in [2.24, 2.45) is 5.73 Å². The van der Waals surface area contributed by atoms with Crippen LogP contribution in [0.2, 0.25) is 0 Å². The smallest absolute Gasteiger partial charge is 0.0702 e. The van der Waals surface area contributed by atoms with Crippen LogP contribution >= 0.6 is 12.4 Å². The Labute approximate surface area is 120 Å². The second kappa shape index (κ2) is 6.33. The molecule has 3 nitrogen and oxygen atoms in total. The minimum atomic E-state index is 0. The summed E-state index contributed by atoms with van der Waals surface area (Å²) in [6.07, 6.45) is 4.22. The first-order valence-corrected chi connectivity index (χ1v) is 6.63. The van der Waals surface area contributed by atoms with E-state index in [-0.39, 0.29) is 12.4 Å². The Balaban J connectivity index is 0.00000133. The van der Waals surface area contributed by atoms with E-state index >= 15 is 0 Å². The molecule has 1 fully saturated rings. The third kappa shape index (κ3) is 3.44. The van der Waals surface area contributed by atoms with Crippen LogP contribution < -0.4 is 5.73 Å². The SMILES string of the molecule is Cl.NC1CCCN(Cc2ccc3ncccc3c2)C1. The number of nitrogens with two attached hydrogens (primary N) is 1. The first-order chi connectivity index (χ1) is 8.81. The zero-order valence-corrected chi connectivity index (χ0v) is 11.8. The van der Waals surface area contributed by atoms with Crippen molar-refractivity contribution in [2.45, 2.75) is 25.4 Å². The predicted molar refractivity (Wildman–Crippen MR) is 81.5 cm³/mol. The quantitative estimate of drug-likeness (QED) is 0.917. The fourth-order valence-corrected chi connectivity index (χ4v) is 2.72. The van der Waals surface area contributed by atoms with Gasteiger partial charge in [0.05, 0.1) is 5.52 Å². The minimum absolute atomic E-state index is 0. The number of piperidine rings is 1. The van der Waals surface area contributed by atoms with E-state index in [1.54, 1.807) is 0 Å². The van der Waals surface area contributed by atoms with Gasteiger partial charge in [0.15, 0.2) is 0 Å². The van der Waals surface area contributed by atoms with Crippen LogP contribution in [0, 0.1) is 0 Å². The molecule has 0 amide bonds. The molecule has 102 valence electrons. The predicted octanol–water partition coefficient (Wildman–Crippen LogP) is 2.58. The number of likely N-dealkylation sites (tertiary alicyclic amines) is 1. The highest BCUT2D eigenvalue weighted by Gasteiger charge is 2.16. The number of halogens is 1. The summed E-state index contributed by atoms with van der Waals surface area (Å²) in [6.45, 7) is 3.18. The van der Waals surface area contributed by atoms with Crippen LogP contribution in [-0.4, -0.2) is 29.0 Å².